The van der Waals surface area contributed by atoms with Gasteiger partial charge >= 0.3 is 5.97 Å². The number of aromatic nitrogens is 5. The van der Waals surface area contributed by atoms with Crippen LogP contribution in [0.25, 0.3) is 16.9 Å². The second-order valence-electron chi connectivity index (χ2n) is 5.03. The number of carbonyl (C=O) groups is 1. The molecule has 0 aliphatic rings. The largest absolute Gasteiger partial charge is 0.464 e. The van der Waals surface area contributed by atoms with Crippen molar-refractivity contribution in [3.05, 3.63) is 45.4 Å². The van der Waals surface area contributed by atoms with Gasteiger partial charge in [-0.25, -0.2) is 9.78 Å². The van der Waals surface area contributed by atoms with E-state index in [-0.39, 0.29) is 12.1 Å². The average Bonchev–Trinajstić information content (AvgIpc) is 3.00. The zero-order valence-corrected chi connectivity index (χ0v) is 14.6. The molecule has 3 rings (SSSR count). The Balaban J connectivity index is 2.07. The molecular weight excluding hydrogens is 378 g/mol. The monoisotopic (exact) mass is 391 g/mol. The van der Waals surface area contributed by atoms with Gasteiger partial charge in [-0.15, -0.1) is 5.10 Å². The van der Waals surface area contributed by atoms with Gasteiger partial charge in [0.25, 0.3) is 5.56 Å². The molecule has 1 aromatic carbocycles. The first-order valence-electron chi connectivity index (χ1n) is 7.28. The van der Waals surface area contributed by atoms with Crippen LogP contribution in [0.5, 0.6) is 0 Å². The van der Waals surface area contributed by atoms with E-state index in [0.717, 1.165) is 10.2 Å². The van der Waals surface area contributed by atoms with Gasteiger partial charge in [0, 0.05) is 4.47 Å². The number of rotatable bonds is 4. The summed E-state index contributed by atoms with van der Waals surface area (Å²) in [6, 6.07) is 6.58. The average molecular weight is 392 g/mol. The lowest BCUT2D eigenvalue weighted by molar-refractivity contribution is -0.146. The number of hydrogen-bond acceptors (Lipinski definition) is 6. The van der Waals surface area contributed by atoms with Gasteiger partial charge in [0.1, 0.15) is 12.4 Å². The second kappa shape index (κ2) is 6.52. The highest BCUT2D eigenvalue weighted by molar-refractivity contribution is 9.10. The zero-order valence-electron chi connectivity index (χ0n) is 13.0. The fourth-order valence-corrected chi connectivity index (χ4v) is 2.50. The van der Waals surface area contributed by atoms with Crippen LogP contribution < -0.4 is 5.56 Å². The van der Waals surface area contributed by atoms with Crippen molar-refractivity contribution in [2.24, 2.45) is 0 Å². The summed E-state index contributed by atoms with van der Waals surface area (Å²) in [7, 11) is 0. The van der Waals surface area contributed by atoms with Crippen LogP contribution in [0.2, 0.25) is 0 Å². The maximum absolute atomic E-state index is 12.6. The van der Waals surface area contributed by atoms with E-state index in [9.17, 15) is 9.59 Å². The van der Waals surface area contributed by atoms with Crippen molar-refractivity contribution in [1.82, 2.24) is 24.5 Å². The van der Waals surface area contributed by atoms with Crippen LogP contribution in [0, 0.1) is 0 Å². The third kappa shape index (κ3) is 2.82. The molecule has 0 fully saturated rings. The van der Waals surface area contributed by atoms with E-state index < -0.39 is 17.6 Å². The molecule has 3 aromatic rings. The molecule has 2 heterocycles. The van der Waals surface area contributed by atoms with E-state index in [4.69, 9.17) is 4.74 Å². The number of carbonyl (C=O) groups excluding carboxylic acids is 1. The Morgan fingerprint density at radius 2 is 2.04 bits per heavy atom. The Kier molecular flexibility index (Phi) is 4.43. The zero-order chi connectivity index (χ0) is 17.3. The molecule has 0 aliphatic carbocycles. The summed E-state index contributed by atoms with van der Waals surface area (Å²) < 4.78 is 8.53. The molecule has 0 amide bonds. The van der Waals surface area contributed by atoms with Crippen molar-refractivity contribution < 1.29 is 9.53 Å². The summed E-state index contributed by atoms with van der Waals surface area (Å²) in [5.41, 5.74) is 0.707. The Labute approximate surface area is 145 Å². The lowest BCUT2D eigenvalue weighted by Crippen LogP contribution is -2.29. The van der Waals surface area contributed by atoms with E-state index in [1.165, 1.54) is 15.6 Å². The number of nitrogens with zero attached hydrogens (tertiary/aromatic N) is 5. The van der Waals surface area contributed by atoms with Crippen molar-refractivity contribution in [3.63, 3.8) is 0 Å². The molecule has 0 radical (unpaired) electrons. The first-order valence-corrected chi connectivity index (χ1v) is 8.07. The standard InChI is InChI=1S/C15H14BrN5O3/c1-3-24-15(23)9(2)20-8-17-13-12(14(20)22)18-19-21(13)11-6-4-10(16)5-7-11/h4-9H,3H2,1-2H3. The first-order chi connectivity index (χ1) is 11.5. The fourth-order valence-electron chi connectivity index (χ4n) is 2.23. The Morgan fingerprint density at radius 3 is 2.71 bits per heavy atom. The SMILES string of the molecule is CCOC(=O)C(C)n1cnc2c(nnn2-c2ccc(Br)cc2)c1=O. The summed E-state index contributed by atoms with van der Waals surface area (Å²) >= 11 is 3.36. The van der Waals surface area contributed by atoms with Crippen molar-refractivity contribution in [2.75, 3.05) is 6.61 Å². The highest BCUT2D eigenvalue weighted by Crippen LogP contribution is 2.16. The lowest BCUT2D eigenvalue weighted by Gasteiger charge is -2.12. The van der Waals surface area contributed by atoms with Crippen LogP contribution in [0.1, 0.15) is 19.9 Å². The van der Waals surface area contributed by atoms with Crippen molar-refractivity contribution in [2.45, 2.75) is 19.9 Å². The van der Waals surface area contributed by atoms with E-state index in [2.05, 4.69) is 31.2 Å². The predicted octanol–water partition coefficient (Wildman–Crippen LogP) is 1.86. The molecule has 1 unspecified atom stereocenters. The fraction of sp³-hybridized carbons (Fsp3) is 0.267. The molecule has 2 aromatic heterocycles. The molecule has 0 aliphatic heterocycles. The van der Waals surface area contributed by atoms with Crippen LogP contribution >= 0.6 is 15.9 Å². The third-order valence-electron chi connectivity index (χ3n) is 3.50. The van der Waals surface area contributed by atoms with Gasteiger partial charge in [-0.3, -0.25) is 9.36 Å². The summed E-state index contributed by atoms with van der Waals surface area (Å²) in [5, 5.41) is 7.92. The molecule has 24 heavy (non-hydrogen) atoms. The quantitative estimate of drug-likeness (QED) is 0.630. The van der Waals surface area contributed by atoms with Gasteiger partial charge in [0.2, 0.25) is 0 Å². The van der Waals surface area contributed by atoms with Gasteiger partial charge in [-0.2, -0.15) is 4.68 Å². The van der Waals surface area contributed by atoms with Gasteiger partial charge in [0.15, 0.2) is 11.2 Å². The third-order valence-corrected chi connectivity index (χ3v) is 4.03. The highest BCUT2D eigenvalue weighted by Gasteiger charge is 2.21. The topological polar surface area (TPSA) is 91.9 Å². The predicted molar refractivity (Wildman–Crippen MR) is 90.0 cm³/mol. The first kappa shape index (κ1) is 16.3. The molecule has 1 atom stereocenters. The lowest BCUT2D eigenvalue weighted by atomic mass is 10.3. The second-order valence-corrected chi connectivity index (χ2v) is 5.95. The maximum atomic E-state index is 12.6. The van der Waals surface area contributed by atoms with Crippen LogP contribution in [0.15, 0.2) is 39.9 Å². The number of hydrogen-bond donors (Lipinski definition) is 0. The van der Waals surface area contributed by atoms with Crippen LogP contribution in [-0.2, 0) is 9.53 Å². The number of ether oxygens (including phenoxy) is 1. The minimum Gasteiger partial charge on any atom is -0.464 e. The van der Waals surface area contributed by atoms with Crippen LogP contribution in [0.3, 0.4) is 0 Å². The van der Waals surface area contributed by atoms with Crippen molar-refractivity contribution >= 4 is 33.1 Å². The van der Waals surface area contributed by atoms with Crippen molar-refractivity contribution in [1.29, 1.82) is 0 Å². The molecule has 8 nitrogen and oxygen atoms in total. The molecule has 0 spiro atoms. The number of fused-ring (bicyclic) bond motifs is 1. The van der Waals surface area contributed by atoms with Gasteiger partial charge < -0.3 is 4.74 Å². The van der Waals surface area contributed by atoms with Gasteiger partial charge in [-0.05, 0) is 38.1 Å². The van der Waals surface area contributed by atoms with Crippen LogP contribution in [0.4, 0.5) is 0 Å². The molecule has 0 bridgehead atoms. The van der Waals surface area contributed by atoms with E-state index in [1.54, 1.807) is 13.8 Å². The van der Waals surface area contributed by atoms with Crippen molar-refractivity contribution in [3.8, 4) is 5.69 Å². The molecular formula is C15H14BrN5O3. The molecule has 0 saturated carbocycles. The smallest absolute Gasteiger partial charge is 0.328 e. The number of benzene rings is 1. The van der Waals surface area contributed by atoms with E-state index in [0.29, 0.717) is 5.65 Å². The van der Waals surface area contributed by atoms with Crippen LogP contribution in [-0.4, -0.2) is 37.1 Å². The normalized spacial score (nSPS) is 12.3. The Morgan fingerprint density at radius 1 is 1.33 bits per heavy atom. The Hall–Kier alpha value is -2.55. The van der Waals surface area contributed by atoms with Gasteiger partial charge in [-0.1, -0.05) is 21.1 Å². The summed E-state index contributed by atoms with van der Waals surface area (Å²) in [6.45, 7) is 3.53. The van der Waals surface area contributed by atoms with E-state index in [1.807, 2.05) is 24.3 Å². The molecule has 9 heteroatoms. The number of esters is 1. The maximum Gasteiger partial charge on any atom is 0.328 e. The summed E-state index contributed by atoms with van der Waals surface area (Å²) in [6.07, 6.45) is 1.31. The van der Waals surface area contributed by atoms with E-state index >= 15 is 0 Å². The van der Waals surface area contributed by atoms with Gasteiger partial charge in [0.05, 0.1) is 12.3 Å². The molecule has 124 valence electrons. The Bertz CT molecular complexity index is 948. The minimum absolute atomic E-state index is 0.0940. The molecule has 0 N–H and O–H groups in total. The summed E-state index contributed by atoms with van der Waals surface area (Å²) in [4.78, 5) is 28.6. The molecule has 0 saturated heterocycles. The highest BCUT2D eigenvalue weighted by atomic mass is 79.9. The minimum atomic E-state index is -0.785. The summed E-state index contributed by atoms with van der Waals surface area (Å²) in [5.74, 6) is -0.499. The number of halogens is 1.